The summed E-state index contributed by atoms with van der Waals surface area (Å²) < 4.78 is 111. The molecular formula is C50H100F6N2O4S2. The van der Waals surface area contributed by atoms with Gasteiger partial charge in [-0.05, 0) is 51.4 Å². The lowest BCUT2D eigenvalue weighted by Crippen LogP contribution is -2.50. The Kier molecular flexibility index (Phi) is 43.5. The highest BCUT2D eigenvalue weighted by molar-refractivity contribution is 8.13. The van der Waals surface area contributed by atoms with Crippen LogP contribution in [0.5, 0.6) is 0 Å². The summed E-state index contributed by atoms with van der Waals surface area (Å²) in [7, 11) is -13.4. The molecule has 0 radical (unpaired) electrons. The maximum atomic E-state index is 11.4. The van der Waals surface area contributed by atoms with Crippen LogP contribution in [-0.4, -0.2) is 58.5 Å². The standard InChI is InChI=1S/C48H100N.C2F6NO4S2/c1-5-9-13-17-21-25-29-33-37-41-45-49(46-42-38-34-30-26-22-18-14-10-6-2,47-43-39-35-31-27-23-19-15-11-7-3)48-44-40-36-32-28-24-20-16-12-8-4;3-1(4,5)14(10,11)9-15(12,13)2(6,7)8/h5-48H2,1-4H3;/q+1;-1. The molecule has 0 amide bonds. The molecule has 0 aliphatic carbocycles. The van der Waals surface area contributed by atoms with Crippen LogP contribution in [0.15, 0.2) is 0 Å². The number of nitrogens with zero attached hydrogens (tertiary/aromatic N) is 2. The van der Waals surface area contributed by atoms with Crippen LogP contribution in [0.1, 0.15) is 285 Å². The van der Waals surface area contributed by atoms with E-state index in [9.17, 15) is 43.2 Å². The van der Waals surface area contributed by atoms with Crippen LogP contribution in [0.2, 0.25) is 0 Å². The summed E-state index contributed by atoms with van der Waals surface area (Å²) in [6.45, 7) is 15.3. The topological polar surface area (TPSA) is 82.4 Å². The van der Waals surface area contributed by atoms with E-state index >= 15 is 0 Å². The smallest absolute Gasteiger partial charge is 0.421 e. The molecule has 0 aliphatic rings. The number of quaternary nitrogens is 1. The fourth-order valence-electron chi connectivity index (χ4n) is 8.62. The Morgan fingerprint density at radius 1 is 0.281 bits per heavy atom. The van der Waals surface area contributed by atoms with Crippen LogP contribution >= 0.6 is 0 Å². The second-order valence-corrected chi connectivity index (χ2v) is 22.3. The number of unbranched alkanes of at least 4 members (excludes halogenated alkanes) is 36. The van der Waals surface area contributed by atoms with Crippen molar-refractivity contribution >= 4 is 20.0 Å². The highest BCUT2D eigenvalue weighted by Gasteiger charge is 2.47. The van der Waals surface area contributed by atoms with Gasteiger partial charge in [-0.1, -0.05) is 233 Å². The van der Waals surface area contributed by atoms with Gasteiger partial charge < -0.3 is 8.61 Å². The van der Waals surface area contributed by atoms with Crippen molar-refractivity contribution < 1.29 is 47.7 Å². The van der Waals surface area contributed by atoms with E-state index in [0.29, 0.717) is 0 Å². The highest BCUT2D eigenvalue weighted by Crippen LogP contribution is 2.36. The van der Waals surface area contributed by atoms with Crippen LogP contribution in [0, 0.1) is 0 Å². The number of rotatable bonds is 46. The fraction of sp³-hybridized carbons (Fsp3) is 1.00. The Labute approximate surface area is 392 Å². The first-order valence-electron chi connectivity index (χ1n) is 26.7. The highest BCUT2D eigenvalue weighted by atomic mass is 32.3. The van der Waals surface area contributed by atoms with Crippen molar-refractivity contribution in [3.63, 3.8) is 0 Å². The first kappa shape index (κ1) is 65.5. The fourth-order valence-corrected chi connectivity index (χ4v) is 10.3. The Bertz CT molecular complexity index is 1070. The van der Waals surface area contributed by atoms with Gasteiger partial charge >= 0.3 is 11.0 Å². The van der Waals surface area contributed by atoms with E-state index in [1.165, 1.54) is 287 Å². The predicted octanol–water partition coefficient (Wildman–Crippen LogP) is 18.5. The van der Waals surface area contributed by atoms with Gasteiger partial charge in [0.2, 0.25) is 0 Å². The van der Waals surface area contributed by atoms with Crippen LogP contribution in [0.3, 0.4) is 0 Å². The van der Waals surface area contributed by atoms with Crippen molar-refractivity contribution in [2.24, 2.45) is 0 Å². The number of hydrogen-bond donors (Lipinski definition) is 0. The maximum absolute atomic E-state index is 11.4. The van der Waals surface area contributed by atoms with Gasteiger partial charge in [0.15, 0.2) is 20.0 Å². The minimum atomic E-state index is -6.72. The molecule has 0 bridgehead atoms. The van der Waals surface area contributed by atoms with E-state index in [1.54, 1.807) is 0 Å². The van der Waals surface area contributed by atoms with Gasteiger partial charge in [0.05, 0.1) is 26.2 Å². The van der Waals surface area contributed by atoms with E-state index in [1.807, 2.05) is 0 Å². The predicted molar refractivity (Wildman–Crippen MR) is 260 cm³/mol. The zero-order valence-corrected chi connectivity index (χ0v) is 43.4. The van der Waals surface area contributed by atoms with Gasteiger partial charge in [0, 0.05) is 0 Å². The van der Waals surface area contributed by atoms with Crippen LogP contribution in [-0.2, 0) is 20.0 Å². The molecule has 0 atom stereocenters. The molecule has 0 aliphatic heterocycles. The van der Waals surface area contributed by atoms with Crippen molar-refractivity contribution in [2.45, 2.75) is 296 Å². The van der Waals surface area contributed by atoms with Gasteiger partial charge in [-0.2, -0.15) is 26.3 Å². The van der Waals surface area contributed by atoms with E-state index in [4.69, 9.17) is 0 Å². The minimum Gasteiger partial charge on any atom is -0.421 e. The van der Waals surface area contributed by atoms with Gasteiger partial charge in [-0.15, -0.1) is 0 Å². The van der Waals surface area contributed by atoms with Gasteiger partial charge in [0.25, 0.3) is 0 Å². The Morgan fingerprint density at radius 2 is 0.422 bits per heavy atom. The molecule has 0 heterocycles. The monoisotopic (exact) mass is 971 g/mol. The average Bonchev–Trinajstić information content (AvgIpc) is 3.22. The number of hydrogen-bond acceptors (Lipinski definition) is 4. The third-order valence-corrected chi connectivity index (χ3v) is 15.5. The summed E-state index contributed by atoms with van der Waals surface area (Å²) in [6, 6.07) is 0. The summed E-state index contributed by atoms with van der Waals surface area (Å²) in [4.78, 5) is 0. The normalized spacial score (nSPS) is 12.8. The molecule has 14 heteroatoms. The second-order valence-electron chi connectivity index (χ2n) is 18.9. The Morgan fingerprint density at radius 3 is 0.562 bits per heavy atom. The number of halogens is 6. The van der Waals surface area contributed by atoms with Crippen molar-refractivity contribution in [2.75, 3.05) is 26.2 Å². The first-order valence-corrected chi connectivity index (χ1v) is 29.5. The lowest BCUT2D eigenvalue weighted by atomic mass is 10.0. The molecule has 0 fully saturated rings. The first-order chi connectivity index (χ1) is 30.4. The molecule has 6 nitrogen and oxygen atoms in total. The van der Waals surface area contributed by atoms with E-state index < -0.39 is 31.1 Å². The summed E-state index contributed by atoms with van der Waals surface area (Å²) in [6.07, 6.45) is 58.7. The minimum absolute atomic E-state index is 0.778. The third kappa shape index (κ3) is 39.4. The van der Waals surface area contributed by atoms with Crippen molar-refractivity contribution in [3.05, 3.63) is 4.13 Å². The zero-order valence-electron chi connectivity index (χ0n) is 41.7. The molecule has 0 aromatic heterocycles. The average molecular weight is 971 g/mol. The van der Waals surface area contributed by atoms with Crippen LogP contribution in [0.4, 0.5) is 26.3 Å². The quantitative estimate of drug-likeness (QED) is 0.0346. The molecule has 0 N–H and O–H groups in total. The molecular weight excluding hydrogens is 871 g/mol. The molecule has 0 saturated carbocycles. The number of alkyl halides is 6. The molecule has 0 saturated heterocycles. The summed E-state index contributed by atoms with van der Waals surface area (Å²) in [5, 5.41) is 0. The maximum Gasteiger partial charge on any atom is 0.480 e. The molecule has 0 rings (SSSR count). The van der Waals surface area contributed by atoms with E-state index in [2.05, 4.69) is 27.7 Å². The second kappa shape index (κ2) is 42.5. The molecule has 0 unspecified atom stereocenters. The lowest BCUT2D eigenvalue weighted by Gasteiger charge is -2.40. The molecule has 64 heavy (non-hydrogen) atoms. The van der Waals surface area contributed by atoms with Gasteiger partial charge in [0.1, 0.15) is 0 Å². The van der Waals surface area contributed by atoms with Crippen LogP contribution in [0.25, 0.3) is 4.13 Å². The Hall–Kier alpha value is -0.600. The van der Waals surface area contributed by atoms with Crippen molar-refractivity contribution in [1.29, 1.82) is 0 Å². The number of sulfonamides is 2. The molecule has 0 aromatic rings. The molecule has 388 valence electrons. The third-order valence-electron chi connectivity index (χ3n) is 12.7. The van der Waals surface area contributed by atoms with Crippen molar-refractivity contribution in [3.8, 4) is 0 Å². The Balaban J connectivity index is 0. The summed E-state index contributed by atoms with van der Waals surface area (Å²) in [5.41, 5.74) is -12.4. The van der Waals surface area contributed by atoms with E-state index in [-0.39, 0.29) is 0 Å². The summed E-state index contributed by atoms with van der Waals surface area (Å²) in [5.74, 6) is 0. The molecule has 0 aromatic carbocycles. The van der Waals surface area contributed by atoms with Gasteiger partial charge in [-0.3, -0.25) is 0 Å². The van der Waals surface area contributed by atoms with Gasteiger partial charge in [-0.25, -0.2) is 16.8 Å². The SMILES string of the molecule is CCCCCCCCCCCC[N+](CCCCCCCCCCCC)(CCCCCCCCCCCC)CCCCCCCCCCCC.O=S(=O)([N-]S(=O)(=O)C(F)(F)F)C(F)(F)F. The van der Waals surface area contributed by atoms with Crippen LogP contribution < -0.4 is 0 Å². The lowest BCUT2D eigenvalue weighted by molar-refractivity contribution is -0.929. The summed E-state index contributed by atoms with van der Waals surface area (Å²) >= 11 is 0. The zero-order chi connectivity index (χ0) is 48.3. The molecule has 0 spiro atoms. The largest absolute Gasteiger partial charge is 0.480 e. The van der Waals surface area contributed by atoms with Crippen molar-refractivity contribution in [1.82, 2.24) is 0 Å². The van der Waals surface area contributed by atoms with E-state index in [0.717, 1.165) is 4.13 Å².